The van der Waals surface area contributed by atoms with E-state index in [0.717, 1.165) is 16.7 Å². The van der Waals surface area contributed by atoms with Gasteiger partial charge in [0.15, 0.2) is 0 Å². The second-order valence-corrected chi connectivity index (χ2v) is 5.34. The molecule has 2 atom stereocenters. The predicted molar refractivity (Wildman–Crippen MR) is 73.0 cm³/mol. The second-order valence-electron chi connectivity index (χ2n) is 4.48. The number of likely N-dealkylation sites (N-methyl/N-ethyl adjacent to an activating group) is 1. The lowest BCUT2D eigenvalue weighted by Gasteiger charge is -2.30. The summed E-state index contributed by atoms with van der Waals surface area (Å²) in [6, 6.07) is 0.145. The van der Waals surface area contributed by atoms with Gasteiger partial charge in [0.05, 0.1) is 28.5 Å². The summed E-state index contributed by atoms with van der Waals surface area (Å²) >= 11 is 3.56. The van der Waals surface area contributed by atoms with Gasteiger partial charge in [-0.05, 0) is 28.4 Å². The molecule has 0 fully saturated rings. The third kappa shape index (κ3) is 3.30. The summed E-state index contributed by atoms with van der Waals surface area (Å²) in [4.78, 5) is 0. The van der Waals surface area contributed by atoms with E-state index in [2.05, 4.69) is 47.1 Å². The molecule has 0 aliphatic carbocycles. The van der Waals surface area contributed by atoms with Gasteiger partial charge in [-0.2, -0.15) is 5.10 Å². The van der Waals surface area contributed by atoms with Gasteiger partial charge in [0.2, 0.25) is 0 Å². The van der Waals surface area contributed by atoms with Crippen LogP contribution >= 0.6 is 15.9 Å². The van der Waals surface area contributed by atoms with Crippen molar-refractivity contribution in [2.75, 3.05) is 13.7 Å². The van der Waals surface area contributed by atoms with Crippen LogP contribution in [0, 0.1) is 5.92 Å². The number of hydrogen-bond acceptors (Lipinski definition) is 3. The summed E-state index contributed by atoms with van der Waals surface area (Å²) in [5.74, 6) is 0.436. The van der Waals surface area contributed by atoms with Crippen molar-refractivity contribution >= 4 is 15.9 Å². The van der Waals surface area contributed by atoms with Crippen LogP contribution in [0.1, 0.15) is 32.5 Å². The maximum absolute atomic E-state index is 5.64. The average Bonchev–Trinajstić information content (AvgIpc) is 2.58. The summed E-state index contributed by atoms with van der Waals surface area (Å²) in [7, 11) is 3.72. The first kappa shape index (κ1) is 14.7. The maximum Gasteiger partial charge on any atom is 0.0804 e. The van der Waals surface area contributed by atoms with Crippen molar-refractivity contribution in [3.05, 3.63) is 16.4 Å². The minimum absolute atomic E-state index is 0.127. The van der Waals surface area contributed by atoms with Crippen LogP contribution in [0.3, 0.4) is 0 Å². The number of halogens is 1. The molecule has 0 spiro atoms. The van der Waals surface area contributed by atoms with Crippen LogP contribution in [0.4, 0.5) is 0 Å². The number of methoxy groups -OCH3 is 1. The van der Waals surface area contributed by atoms with Crippen molar-refractivity contribution < 1.29 is 4.74 Å². The van der Waals surface area contributed by atoms with Crippen molar-refractivity contribution in [2.45, 2.75) is 32.9 Å². The van der Waals surface area contributed by atoms with Crippen LogP contribution in [-0.4, -0.2) is 29.5 Å². The average molecular weight is 304 g/mol. The lowest BCUT2D eigenvalue weighted by atomic mass is 9.97. The molecular weight excluding hydrogens is 282 g/mol. The highest BCUT2D eigenvalue weighted by Gasteiger charge is 2.29. The number of rotatable bonds is 6. The van der Waals surface area contributed by atoms with Gasteiger partial charge in [-0.3, -0.25) is 4.68 Å². The SMILES string of the molecule is CCNC(c1c(Br)cnn1C)C(OC)C(C)C. The Morgan fingerprint density at radius 2 is 2.18 bits per heavy atom. The third-order valence-corrected chi connectivity index (χ3v) is 3.52. The van der Waals surface area contributed by atoms with Crippen molar-refractivity contribution in [2.24, 2.45) is 13.0 Å². The molecule has 0 aliphatic rings. The van der Waals surface area contributed by atoms with E-state index in [0.29, 0.717) is 5.92 Å². The number of aryl methyl sites for hydroxylation is 1. The summed E-state index contributed by atoms with van der Waals surface area (Å²) in [6.45, 7) is 7.34. The molecule has 1 rings (SSSR count). The molecule has 0 bridgehead atoms. The topological polar surface area (TPSA) is 39.1 Å². The smallest absolute Gasteiger partial charge is 0.0804 e. The number of ether oxygens (including phenoxy) is 1. The zero-order chi connectivity index (χ0) is 13.0. The first-order valence-corrected chi connectivity index (χ1v) is 6.75. The van der Waals surface area contributed by atoms with E-state index in [-0.39, 0.29) is 12.1 Å². The quantitative estimate of drug-likeness (QED) is 0.877. The van der Waals surface area contributed by atoms with Gasteiger partial charge in [0, 0.05) is 14.2 Å². The highest BCUT2D eigenvalue weighted by Crippen LogP contribution is 2.29. The lowest BCUT2D eigenvalue weighted by molar-refractivity contribution is 0.0306. The molecule has 0 amide bonds. The molecule has 1 aromatic heterocycles. The molecule has 4 nitrogen and oxygen atoms in total. The van der Waals surface area contributed by atoms with Crippen molar-refractivity contribution in [1.82, 2.24) is 15.1 Å². The molecule has 0 saturated carbocycles. The van der Waals surface area contributed by atoms with Crippen LogP contribution in [0.2, 0.25) is 0 Å². The van der Waals surface area contributed by atoms with Crippen LogP contribution < -0.4 is 5.32 Å². The van der Waals surface area contributed by atoms with Gasteiger partial charge in [-0.15, -0.1) is 0 Å². The Morgan fingerprint density at radius 1 is 1.53 bits per heavy atom. The fourth-order valence-corrected chi connectivity index (χ4v) is 2.75. The Hall–Kier alpha value is -0.390. The summed E-state index contributed by atoms with van der Waals surface area (Å²) in [5, 5.41) is 7.75. The van der Waals surface area contributed by atoms with E-state index in [1.165, 1.54) is 0 Å². The van der Waals surface area contributed by atoms with E-state index < -0.39 is 0 Å². The molecule has 1 heterocycles. The number of nitrogens with zero attached hydrogens (tertiary/aromatic N) is 2. The molecule has 0 aromatic carbocycles. The molecule has 1 N–H and O–H groups in total. The molecule has 2 unspecified atom stereocenters. The molecule has 0 radical (unpaired) electrons. The Morgan fingerprint density at radius 3 is 2.53 bits per heavy atom. The van der Waals surface area contributed by atoms with E-state index in [1.807, 2.05) is 17.9 Å². The first-order valence-electron chi connectivity index (χ1n) is 5.96. The zero-order valence-corrected chi connectivity index (χ0v) is 12.8. The van der Waals surface area contributed by atoms with E-state index in [4.69, 9.17) is 4.74 Å². The normalized spacial score (nSPS) is 15.2. The Bertz CT molecular complexity index is 332. The Labute approximate surface area is 112 Å². The van der Waals surface area contributed by atoms with Gasteiger partial charge in [-0.1, -0.05) is 20.8 Å². The summed E-state index contributed by atoms with van der Waals surface area (Å²) < 4.78 is 8.55. The van der Waals surface area contributed by atoms with Crippen LogP contribution in [0.15, 0.2) is 10.7 Å². The van der Waals surface area contributed by atoms with Crippen LogP contribution in [-0.2, 0) is 11.8 Å². The third-order valence-electron chi connectivity index (χ3n) is 2.91. The van der Waals surface area contributed by atoms with E-state index in [9.17, 15) is 0 Å². The minimum atomic E-state index is 0.127. The molecule has 0 aliphatic heterocycles. The fourth-order valence-electron chi connectivity index (χ4n) is 2.15. The van der Waals surface area contributed by atoms with E-state index >= 15 is 0 Å². The second kappa shape index (κ2) is 6.52. The zero-order valence-electron chi connectivity index (χ0n) is 11.2. The van der Waals surface area contributed by atoms with Crippen molar-refractivity contribution in [1.29, 1.82) is 0 Å². The van der Waals surface area contributed by atoms with Crippen LogP contribution in [0.5, 0.6) is 0 Å². The molecular formula is C12H22BrN3O. The van der Waals surface area contributed by atoms with E-state index in [1.54, 1.807) is 7.11 Å². The molecule has 17 heavy (non-hydrogen) atoms. The van der Waals surface area contributed by atoms with Gasteiger partial charge in [-0.25, -0.2) is 0 Å². The first-order chi connectivity index (χ1) is 8.02. The number of aromatic nitrogens is 2. The van der Waals surface area contributed by atoms with Crippen LogP contribution in [0.25, 0.3) is 0 Å². The van der Waals surface area contributed by atoms with Gasteiger partial charge in [0.1, 0.15) is 0 Å². The summed E-state index contributed by atoms with van der Waals surface area (Å²) in [6.07, 6.45) is 1.95. The highest BCUT2D eigenvalue weighted by molar-refractivity contribution is 9.10. The number of hydrogen-bond donors (Lipinski definition) is 1. The Balaban J connectivity index is 3.07. The predicted octanol–water partition coefficient (Wildman–Crippen LogP) is 2.50. The minimum Gasteiger partial charge on any atom is -0.379 e. The highest BCUT2D eigenvalue weighted by atomic mass is 79.9. The monoisotopic (exact) mass is 303 g/mol. The largest absolute Gasteiger partial charge is 0.379 e. The number of nitrogens with one attached hydrogen (secondary N) is 1. The molecule has 0 saturated heterocycles. The fraction of sp³-hybridized carbons (Fsp3) is 0.750. The summed E-state index contributed by atoms with van der Waals surface area (Å²) in [5.41, 5.74) is 1.13. The molecule has 5 heteroatoms. The van der Waals surface area contributed by atoms with Gasteiger partial charge >= 0.3 is 0 Å². The van der Waals surface area contributed by atoms with Gasteiger partial charge < -0.3 is 10.1 Å². The Kier molecular flexibility index (Phi) is 5.62. The molecule has 1 aromatic rings. The van der Waals surface area contributed by atoms with Crippen molar-refractivity contribution in [3.8, 4) is 0 Å². The van der Waals surface area contributed by atoms with Crippen molar-refractivity contribution in [3.63, 3.8) is 0 Å². The standard InChI is InChI=1S/C12H22BrN3O/c1-6-14-10(12(17-5)8(2)3)11-9(13)7-15-16(11)4/h7-8,10,12,14H,6H2,1-5H3. The lowest BCUT2D eigenvalue weighted by Crippen LogP contribution is -2.38. The maximum atomic E-state index is 5.64. The van der Waals surface area contributed by atoms with Gasteiger partial charge in [0.25, 0.3) is 0 Å². The molecule has 98 valence electrons.